The van der Waals surface area contributed by atoms with Gasteiger partial charge in [0.15, 0.2) is 0 Å². The fraction of sp³-hybridized carbons (Fsp3) is 1.00. The summed E-state index contributed by atoms with van der Waals surface area (Å²) in [7, 11) is 3.76. The third-order valence-corrected chi connectivity index (χ3v) is 2.06. The van der Waals surface area contributed by atoms with Crippen LogP contribution in [0.4, 0.5) is 0 Å². The molecule has 0 saturated carbocycles. The second-order valence-corrected chi connectivity index (χ2v) is 3.42. The van der Waals surface area contributed by atoms with Crippen molar-refractivity contribution in [1.29, 1.82) is 0 Å². The van der Waals surface area contributed by atoms with Gasteiger partial charge in [-0.05, 0) is 27.3 Å². The molecular formula is C9H21NO2. The Morgan fingerprint density at radius 3 is 2.42 bits per heavy atom. The summed E-state index contributed by atoms with van der Waals surface area (Å²) in [4.78, 5) is 2.19. The molecule has 0 aliphatic carbocycles. The van der Waals surface area contributed by atoms with E-state index >= 15 is 0 Å². The highest BCUT2D eigenvalue weighted by molar-refractivity contribution is 4.63. The van der Waals surface area contributed by atoms with E-state index in [1.165, 1.54) is 0 Å². The average molecular weight is 175 g/mol. The second kappa shape index (κ2) is 6.40. The first-order valence-electron chi connectivity index (χ1n) is 4.45. The number of ether oxygens (including phenoxy) is 1. The fourth-order valence-electron chi connectivity index (χ4n) is 0.979. The minimum Gasteiger partial charge on any atom is -0.393 e. The van der Waals surface area contributed by atoms with Crippen LogP contribution in [0.3, 0.4) is 0 Å². The van der Waals surface area contributed by atoms with Gasteiger partial charge in [0.1, 0.15) is 0 Å². The molecule has 0 spiro atoms. The highest BCUT2D eigenvalue weighted by atomic mass is 16.5. The molecule has 0 radical (unpaired) electrons. The molecule has 0 heterocycles. The highest BCUT2D eigenvalue weighted by Gasteiger charge is 2.08. The molecule has 0 aliphatic heterocycles. The summed E-state index contributed by atoms with van der Waals surface area (Å²) in [6.07, 6.45) is 0.618. The molecule has 0 bridgehead atoms. The first kappa shape index (κ1) is 11.9. The maximum Gasteiger partial charge on any atom is 0.0615 e. The quantitative estimate of drug-likeness (QED) is 0.646. The first-order valence-corrected chi connectivity index (χ1v) is 4.45. The molecule has 0 aromatic rings. The summed E-state index contributed by atoms with van der Waals surface area (Å²) in [6.45, 7) is 5.60. The van der Waals surface area contributed by atoms with Crippen molar-refractivity contribution in [1.82, 2.24) is 4.90 Å². The maximum absolute atomic E-state index is 9.06. The first-order chi connectivity index (χ1) is 5.57. The number of rotatable bonds is 6. The zero-order chi connectivity index (χ0) is 9.56. The van der Waals surface area contributed by atoms with Gasteiger partial charge in [-0.2, -0.15) is 0 Å². The number of methoxy groups -OCH3 is 1. The van der Waals surface area contributed by atoms with E-state index in [2.05, 4.69) is 11.8 Å². The lowest BCUT2D eigenvalue weighted by molar-refractivity contribution is 0.100. The van der Waals surface area contributed by atoms with Crippen LogP contribution in [-0.2, 0) is 4.74 Å². The van der Waals surface area contributed by atoms with Gasteiger partial charge in [0.05, 0.1) is 12.7 Å². The van der Waals surface area contributed by atoms with Gasteiger partial charge in [0, 0.05) is 19.7 Å². The van der Waals surface area contributed by atoms with E-state index in [1.807, 2.05) is 14.0 Å². The minimum absolute atomic E-state index is 0.206. The Balaban J connectivity index is 3.49. The second-order valence-electron chi connectivity index (χ2n) is 3.42. The molecule has 0 aliphatic rings. The molecule has 0 rings (SSSR count). The van der Waals surface area contributed by atoms with Crippen molar-refractivity contribution in [2.45, 2.75) is 32.4 Å². The smallest absolute Gasteiger partial charge is 0.0615 e. The average Bonchev–Trinajstić information content (AvgIpc) is 2.00. The lowest BCUT2D eigenvalue weighted by Gasteiger charge is -2.24. The Labute approximate surface area is 75.3 Å². The van der Waals surface area contributed by atoms with Gasteiger partial charge in [0.25, 0.3) is 0 Å². The molecule has 0 aromatic carbocycles. The Morgan fingerprint density at radius 2 is 2.00 bits per heavy atom. The highest BCUT2D eigenvalue weighted by Crippen LogP contribution is 1.99. The molecule has 74 valence electrons. The molecule has 0 fully saturated rings. The normalized spacial score (nSPS) is 16.5. The lowest BCUT2D eigenvalue weighted by atomic mass is 10.2. The molecule has 1 N–H and O–H groups in total. The number of hydrogen-bond donors (Lipinski definition) is 1. The summed E-state index contributed by atoms with van der Waals surface area (Å²) in [5.74, 6) is 0. The SMILES string of the molecule is COCC(C)N(C)CCC(C)O. The third kappa shape index (κ3) is 5.52. The van der Waals surface area contributed by atoms with Crippen LogP contribution in [0.5, 0.6) is 0 Å². The van der Waals surface area contributed by atoms with Crippen molar-refractivity contribution in [3.05, 3.63) is 0 Å². The lowest BCUT2D eigenvalue weighted by Crippen LogP contribution is -2.34. The van der Waals surface area contributed by atoms with Crippen LogP contribution < -0.4 is 0 Å². The largest absolute Gasteiger partial charge is 0.393 e. The van der Waals surface area contributed by atoms with Crippen LogP contribution in [0, 0.1) is 0 Å². The van der Waals surface area contributed by atoms with Gasteiger partial charge in [-0.1, -0.05) is 0 Å². The minimum atomic E-state index is -0.206. The van der Waals surface area contributed by atoms with E-state index in [1.54, 1.807) is 7.11 Å². The molecule has 0 aromatic heterocycles. The molecule has 3 heteroatoms. The van der Waals surface area contributed by atoms with Gasteiger partial charge in [-0.25, -0.2) is 0 Å². The molecule has 12 heavy (non-hydrogen) atoms. The number of aliphatic hydroxyl groups excluding tert-OH is 1. The van der Waals surface area contributed by atoms with Crippen LogP contribution in [-0.4, -0.2) is 49.5 Å². The number of aliphatic hydroxyl groups is 1. The summed E-state index contributed by atoms with van der Waals surface area (Å²) in [5.41, 5.74) is 0. The summed E-state index contributed by atoms with van der Waals surface area (Å²) < 4.78 is 5.03. The van der Waals surface area contributed by atoms with Gasteiger partial charge in [-0.3, -0.25) is 0 Å². The molecule has 0 amide bonds. The van der Waals surface area contributed by atoms with Crippen molar-refractivity contribution in [3.8, 4) is 0 Å². The topological polar surface area (TPSA) is 32.7 Å². The van der Waals surface area contributed by atoms with E-state index in [4.69, 9.17) is 9.84 Å². The zero-order valence-corrected chi connectivity index (χ0v) is 8.58. The van der Waals surface area contributed by atoms with Crippen molar-refractivity contribution in [3.63, 3.8) is 0 Å². The van der Waals surface area contributed by atoms with Gasteiger partial charge < -0.3 is 14.7 Å². The fourth-order valence-corrected chi connectivity index (χ4v) is 0.979. The van der Waals surface area contributed by atoms with Gasteiger partial charge >= 0.3 is 0 Å². The van der Waals surface area contributed by atoms with E-state index in [9.17, 15) is 0 Å². The summed E-state index contributed by atoms with van der Waals surface area (Å²) in [5, 5.41) is 9.06. The van der Waals surface area contributed by atoms with Crippen LogP contribution in [0.1, 0.15) is 20.3 Å². The zero-order valence-electron chi connectivity index (χ0n) is 8.58. The predicted octanol–water partition coefficient (Wildman–Crippen LogP) is 0.724. The number of likely N-dealkylation sites (N-methyl/N-ethyl adjacent to an activating group) is 1. The molecular weight excluding hydrogens is 154 g/mol. The van der Waals surface area contributed by atoms with E-state index in [0.717, 1.165) is 19.6 Å². The molecule has 3 nitrogen and oxygen atoms in total. The van der Waals surface area contributed by atoms with Crippen molar-refractivity contribution < 1.29 is 9.84 Å². The van der Waals surface area contributed by atoms with Crippen LogP contribution >= 0.6 is 0 Å². The van der Waals surface area contributed by atoms with Crippen LogP contribution in [0.2, 0.25) is 0 Å². The van der Waals surface area contributed by atoms with Crippen molar-refractivity contribution in [2.24, 2.45) is 0 Å². The molecule has 2 unspecified atom stereocenters. The summed E-state index contributed by atoms with van der Waals surface area (Å²) >= 11 is 0. The number of hydrogen-bond acceptors (Lipinski definition) is 3. The Hall–Kier alpha value is -0.120. The van der Waals surface area contributed by atoms with E-state index < -0.39 is 0 Å². The van der Waals surface area contributed by atoms with E-state index in [-0.39, 0.29) is 6.10 Å². The Kier molecular flexibility index (Phi) is 6.34. The third-order valence-electron chi connectivity index (χ3n) is 2.06. The number of nitrogens with zero attached hydrogens (tertiary/aromatic N) is 1. The van der Waals surface area contributed by atoms with E-state index in [0.29, 0.717) is 6.04 Å². The standard InChI is InChI=1S/C9H21NO2/c1-8(7-12-4)10(3)6-5-9(2)11/h8-9,11H,5-7H2,1-4H3. The van der Waals surface area contributed by atoms with Gasteiger partial charge in [-0.15, -0.1) is 0 Å². The molecule has 0 saturated heterocycles. The molecule has 2 atom stereocenters. The monoisotopic (exact) mass is 175 g/mol. The van der Waals surface area contributed by atoms with Crippen molar-refractivity contribution >= 4 is 0 Å². The van der Waals surface area contributed by atoms with Crippen LogP contribution in [0.25, 0.3) is 0 Å². The van der Waals surface area contributed by atoms with Crippen LogP contribution in [0.15, 0.2) is 0 Å². The summed E-state index contributed by atoms with van der Waals surface area (Å²) in [6, 6.07) is 0.425. The predicted molar refractivity (Wildman–Crippen MR) is 50.3 cm³/mol. The maximum atomic E-state index is 9.06. The van der Waals surface area contributed by atoms with Crippen molar-refractivity contribution in [2.75, 3.05) is 27.3 Å². The van der Waals surface area contributed by atoms with Gasteiger partial charge in [0.2, 0.25) is 0 Å². The Morgan fingerprint density at radius 1 is 1.42 bits per heavy atom. The Bertz CT molecular complexity index is 107.